The lowest BCUT2D eigenvalue weighted by molar-refractivity contribution is 0.937. The van der Waals surface area contributed by atoms with Gasteiger partial charge in [0.1, 0.15) is 0 Å². The summed E-state index contributed by atoms with van der Waals surface area (Å²) in [6, 6.07) is 19.9. The molecule has 0 radical (unpaired) electrons. The van der Waals surface area contributed by atoms with Crippen molar-refractivity contribution in [2.24, 2.45) is 5.92 Å². The van der Waals surface area contributed by atoms with Crippen molar-refractivity contribution in [3.8, 4) is 22.8 Å². The van der Waals surface area contributed by atoms with Crippen LogP contribution in [0, 0.1) is 5.92 Å². The van der Waals surface area contributed by atoms with Gasteiger partial charge in [0.15, 0.2) is 17.5 Å². The summed E-state index contributed by atoms with van der Waals surface area (Å²) in [6.45, 7) is 8.31. The minimum atomic E-state index is 0.329. The first kappa shape index (κ1) is 18.5. The van der Waals surface area contributed by atoms with Crippen molar-refractivity contribution in [1.82, 2.24) is 15.0 Å². The van der Waals surface area contributed by atoms with Crippen LogP contribution in [0.2, 0.25) is 0 Å². The number of aromatic nitrogens is 3. The van der Waals surface area contributed by atoms with Crippen molar-refractivity contribution in [3.63, 3.8) is 0 Å². The molecular formula is C24H23N3. The van der Waals surface area contributed by atoms with Gasteiger partial charge in [-0.15, -0.1) is 0 Å². The van der Waals surface area contributed by atoms with Gasteiger partial charge in [-0.2, -0.15) is 0 Å². The van der Waals surface area contributed by atoms with Crippen LogP contribution in [0.1, 0.15) is 19.7 Å². The van der Waals surface area contributed by atoms with Gasteiger partial charge >= 0.3 is 0 Å². The van der Waals surface area contributed by atoms with Crippen LogP contribution in [0.25, 0.3) is 28.3 Å². The highest BCUT2D eigenvalue weighted by Gasteiger charge is 2.11. The van der Waals surface area contributed by atoms with Crippen molar-refractivity contribution in [2.75, 3.05) is 0 Å². The van der Waals surface area contributed by atoms with E-state index in [0.717, 1.165) is 16.7 Å². The van der Waals surface area contributed by atoms with E-state index in [1.807, 2.05) is 79.7 Å². The Morgan fingerprint density at radius 1 is 0.815 bits per heavy atom. The molecule has 1 aromatic heterocycles. The maximum absolute atomic E-state index is 4.68. The van der Waals surface area contributed by atoms with E-state index in [1.54, 1.807) is 0 Å². The maximum Gasteiger partial charge on any atom is 0.164 e. The minimum absolute atomic E-state index is 0.329. The molecule has 0 amide bonds. The van der Waals surface area contributed by atoms with Crippen LogP contribution in [-0.4, -0.2) is 15.0 Å². The average Bonchev–Trinajstić information content (AvgIpc) is 2.73. The van der Waals surface area contributed by atoms with Gasteiger partial charge in [-0.05, 0) is 12.8 Å². The summed E-state index contributed by atoms with van der Waals surface area (Å²) in [6.07, 6.45) is 8.24. The molecule has 0 bridgehead atoms. The Hall–Kier alpha value is -3.33. The Morgan fingerprint density at radius 2 is 1.33 bits per heavy atom. The second-order valence-corrected chi connectivity index (χ2v) is 6.31. The summed E-state index contributed by atoms with van der Waals surface area (Å²) >= 11 is 0. The quantitative estimate of drug-likeness (QED) is 0.404. The fraction of sp³-hybridized carbons (Fsp3) is 0.125. The predicted octanol–water partition coefficient (Wildman–Crippen LogP) is 5.99. The van der Waals surface area contributed by atoms with Gasteiger partial charge in [-0.25, -0.2) is 15.0 Å². The van der Waals surface area contributed by atoms with E-state index in [2.05, 4.69) is 40.6 Å². The highest BCUT2D eigenvalue weighted by molar-refractivity contribution is 5.71. The Bertz CT molecular complexity index is 900. The predicted molar refractivity (Wildman–Crippen MR) is 113 cm³/mol. The molecule has 3 nitrogen and oxygen atoms in total. The molecule has 1 atom stereocenters. The van der Waals surface area contributed by atoms with Gasteiger partial charge in [0.25, 0.3) is 0 Å². The molecule has 3 heteroatoms. The molecule has 0 aliphatic heterocycles. The highest BCUT2D eigenvalue weighted by Crippen LogP contribution is 2.22. The largest absolute Gasteiger partial charge is 0.208 e. The van der Waals surface area contributed by atoms with Crippen molar-refractivity contribution < 1.29 is 0 Å². The van der Waals surface area contributed by atoms with Crippen LogP contribution in [0.4, 0.5) is 0 Å². The first-order valence-corrected chi connectivity index (χ1v) is 9.04. The molecule has 134 valence electrons. The van der Waals surface area contributed by atoms with E-state index in [1.165, 1.54) is 0 Å². The van der Waals surface area contributed by atoms with Gasteiger partial charge in [0, 0.05) is 16.7 Å². The zero-order valence-corrected chi connectivity index (χ0v) is 15.7. The number of allylic oxidation sites excluding steroid dienone is 5. The van der Waals surface area contributed by atoms with E-state index in [9.17, 15) is 0 Å². The molecule has 0 saturated carbocycles. The van der Waals surface area contributed by atoms with Gasteiger partial charge in [0.2, 0.25) is 0 Å². The first-order chi connectivity index (χ1) is 13.2. The van der Waals surface area contributed by atoms with Crippen molar-refractivity contribution in [3.05, 3.63) is 97.4 Å². The lowest BCUT2D eigenvalue weighted by Crippen LogP contribution is -2.02. The molecule has 0 fully saturated rings. The van der Waals surface area contributed by atoms with Gasteiger partial charge in [-0.3, -0.25) is 0 Å². The lowest BCUT2D eigenvalue weighted by atomic mass is 10.1. The highest BCUT2D eigenvalue weighted by atomic mass is 15.0. The Labute approximate surface area is 160 Å². The second kappa shape index (κ2) is 8.86. The normalized spacial score (nSPS) is 12.5. The summed E-state index contributed by atoms with van der Waals surface area (Å²) in [5.74, 6) is 2.22. The monoisotopic (exact) mass is 353 g/mol. The second-order valence-electron chi connectivity index (χ2n) is 6.31. The number of hydrogen-bond donors (Lipinski definition) is 0. The standard InChI is InChI=1S/C24H23N3/c1-4-11-18(2)16-17-19(3)22-25-23(20-12-7-5-8-13-20)27-24(26-22)21-14-9-6-10-15-21/h4-18H,3H2,1-2H3/b11-4+,17-16-. The lowest BCUT2D eigenvalue weighted by Gasteiger charge is -2.08. The van der Waals surface area contributed by atoms with E-state index in [-0.39, 0.29) is 0 Å². The van der Waals surface area contributed by atoms with Crippen molar-refractivity contribution >= 4 is 5.57 Å². The number of nitrogens with zero attached hydrogens (tertiary/aromatic N) is 3. The molecule has 3 aromatic rings. The minimum Gasteiger partial charge on any atom is -0.208 e. The molecule has 27 heavy (non-hydrogen) atoms. The van der Waals surface area contributed by atoms with Crippen LogP contribution >= 0.6 is 0 Å². The average molecular weight is 353 g/mol. The summed E-state index contributed by atoms with van der Waals surface area (Å²) in [5.41, 5.74) is 2.68. The zero-order valence-electron chi connectivity index (χ0n) is 15.7. The molecule has 1 heterocycles. The van der Waals surface area contributed by atoms with Crippen LogP contribution in [0.3, 0.4) is 0 Å². The van der Waals surface area contributed by atoms with Crippen LogP contribution < -0.4 is 0 Å². The topological polar surface area (TPSA) is 38.7 Å². The van der Waals surface area contributed by atoms with Gasteiger partial charge < -0.3 is 0 Å². The molecule has 0 saturated heterocycles. The summed E-state index contributed by atoms with van der Waals surface area (Å²) in [7, 11) is 0. The van der Waals surface area contributed by atoms with Crippen molar-refractivity contribution in [2.45, 2.75) is 13.8 Å². The SMILES string of the molecule is C=C(/C=C\C(C)/C=C/C)c1nc(-c2ccccc2)nc(-c2ccccc2)n1. The summed E-state index contributed by atoms with van der Waals surface area (Å²) in [4.78, 5) is 14.0. The number of benzene rings is 2. The smallest absolute Gasteiger partial charge is 0.164 e. The third-order valence-electron chi connectivity index (χ3n) is 4.08. The third kappa shape index (κ3) is 4.85. The number of rotatable bonds is 6. The Kier molecular flexibility index (Phi) is 6.06. The maximum atomic E-state index is 4.68. The summed E-state index contributed by atoms with van der Waals surface area (Å²) in [5, 5.41) is 0. The van der Waals surface area contributed by atoms with Crippen LogP contribution in [0.5, 0.6) is 0 Å². The number of hydrogen-bond acceptors (Lipinski definition) is 3. The Morgan fingerprint density at radius 3 is 1.81 bits per heavy atom. The van der Waals surface area contributed by atoms with E-state index in [4.69, 9.17) is 0 Å². The first-order valence-electron chi connectivity index (χ1n) is 9.04. The molecular weight excluding hydrogens is 330 g/mol. The molecule has 0 aliphatic rings. The van der Waals surface area contributed by atoms with Crippen LogP contribution in [0.15, 0.2) is 91.5 Å². The molecule has 0 spiro atoms. The molecule has 3 rings (SSSR count). The van der Waals surface area contributed by atoms with E-state index < -0.39 is 0 Å². The molecule has 2 aromatic carbocycles. The van der Waals surface area contributed by atoms with E-state index in [0.29, 0.717) is 23.4 Å². The van der Waals surface area contributed by atoms with Crippen molar-refractivity contribution in [1.29, 1.82) is 0 Å². The van der Waals surface area contributed by atoms with Crippen LogP contribution in [-0.2, 0) is 0 Å². The molecule has 0 N–H and O–H groups in total. The molecule has 0 aliphatic carbocycles. The zero-order chi connectivity index (χ0) is 19.1. The fourth-order valence-electron chi connectivity index (χ4n) is 2.66. The third-order valence-corrected chi connectivity index (χ3v) is 4.08. The van der Waals surface area contributed by atoms with E-state index >= 15 is 0 Å². The fourth-order valence-corrected chi connectivity index (χ4v) is 2.66. The Balaban J connectivity index is 2.04. The summed E-state index contributed by atoms with van der Waals surface area (Å²) < 4.78 is 0. The van der Waals surface area contributed by atoms with Gasteiger partial charge in [-0.1, -0.05) is 98.5 Å². The van der Waals surface area contributed by atoms with Gasteiger partial charge in [0.05, 0.1) is 0 Å². The molecule has 1 unspecified atom stereocenters.